The maximum Gasteiger partial charge on any atom is 0.262 e. The highest BCUT2D eigenvalue weighted by Gasteiger charge is 2.14. The molecule has 0 saturated heterocycles. The zero-order valence-electron chi connectivity index (χ0n) is 18.2. The standard InChI is InChI=1S/C25H25IN2O4/c1-4-31-23-14-18(15-27-19-8-10-21(30-3)11-9-19)13-22(26)25(23)32-16-24(29)28-20-7-5-6-17(2)12-20/h5-15H,4,16H2,1-3H3,(H,28,29). The molecule has 0 aliphatic rings. The van der Waals surface area contributed by atoms with E-state index in [1.165, 1.54) is 0 Å². The average molecular weight is 544 g/mol. The van der Waals surface area contributed by atoms with Crippen LogP contribution >= 0.6 is 22.6 Å². The molecule has 3 aromatic carbocycles. The van der Waals surface area contributed by atoms with Crippen molar-refractivity contribution in [2.75, 3.05) is 25.6 Å². The number of aryl methyl sites for hydroxylation is 1. The minimum absolute atomic E-state index is 0.122. The van der Waals surface area contributed by atoms with Crippen molar-refractivity contribution in [2.24, 2.45) is 4.99 Å². The Bertz CT molecular complexity index is 1100. The molecule has 6 nitrogen and oxygen atoms in total. The number of aliphatic imine (C=N–C) groups is 1. The molecule has 0 saturated carbocycles. The predicted molar refractivity (Wildman–Crippen MR) is 136 cm³/mol. The van der Waals surface area contributed by atoms with Crippen molar-refractivity contribution in [3.05, 3.63) is 75.4 Å². The Morgan fingerprint density at radius 1 is 1.09 bits per heavy atom. The van der Waals surface area contributed by atoms with E-state index in [0.29, 0.717) is 18.1 Å². The average Bonchev–Trinajstić information content (AvgIpc) is 2.77. The lowest BCUT2D eigenvalue weighted by Gasteiger charge is -2.14. The molecule has 166 valence electrons. The number of nitrogens with one attached hydrogen (secondary N) is 1. The molecule has 0 spiro atoms. The molecule has 32 heavy (non-hydrogen) atoms. The van der Waals surface area contributed by atoms with Gasteiger partial charge in [0, 0.05) is 11.9 Å². The Morgan fingerprint density at radius 2 is 1.88 bits per heavy atom. The van der Waals surface area contributed by atoms with E-state index in [-0.39, 0.29) is 12.5 Å². The first-order valence-corrected chi connectivity index (χ1v) is 11.2. The Labute approximate surface area is 201 Å². The number of benzene rings is 3. The number of hydrogen-bond acceptors (Lipinski definition) is 5. The zero-order chi connectivity index (χ0) is 22.9. The first-order valence-electron chi connectivity index (χ1n) is 10.1. The third kappa shape index (κ3) is 6.71. The number of carbonyl (C=O) groups is 1. The summed E-state index contributed by atoms with van der Waals surface area (Å²) in [4.78, 5) is 16.8. The minimum Gasteiger partial charge on any atom is -0.497 e. The molecule has 1 N–H and O–H groups in total. The van der Waals surface area contributed by atoms with Crippen molar-refractivity contribution in [1.82, 2.24) is 0 Å². The monoisotopic (exact) mass is 544 g/mol. The zero-order valence-corrected chi connectivity index (χ0v) is 20.4. The molecule has 0 heterocycles. The number of carbonyl (C=O) groups excluding carboxylic acids is 1. The highest BCUT2D eigenvalue weighted by atomic mass is 127. The van der Waals surface area contributed by atoms with Gasteiger partial charge in [0.25, 0.3) is 5.91 Å². The summed E-state index contributed by atoms with van der Waals surface area (Å²) in [5.74, 6) is 1.65. The first kappa shape index (κ1) is 23.6. The molecule has 0 fully saturated rings. The van der Waals surface area contributed by atoms with Gasteiger partial charge in [-0.2, -0.15) is 0 Å². The normalized spacial score (nSPS) is 10.8. The largest absolute Gasteiger partial charge is 0.497 e. The SMILES string of the molecule is CCOc1cc(C=Nc2ccc(OC)cc2)cc(I)c1OCC(=O)Nc1cccc(C)c1. The molecule has 0 radical (unpaired) electrons. The molecule has 3 rings (SSSR count). The molecule has 0 unspecified atom stereocenters. The molecular formula is C25H25IN2O4. The second-order valence-corrected chi connectivity index (χ2v) is 8.09. The summed E-state index contributed by atoms with van der Waals surface area (Å²) in [6, 6.07) is 18.9. The Kier molecular flexibility index (Phi) is 8.49. The van der Waals surface area contributed by atoms with E-state index in [2.05, 4.69) is 32.9 Å². The number of anilines is 1. The quantitative estimate of drug-likeness (QED) is 0.274. The molecule has 7 heteroatoms. The van der Waals surface area contributed by atoms with Crippen LogP contribution in [0, 0.1) is 10.5 Å². The van der Waals surface area contributed by atoms with Crippen molar-refractivity contribution in [3.8, 4) is 17.2 Å². The van der Waals surface area contributed by atoms with E-state index < -0.39 is 0 Å². The van der Waals surface area contributed by atoms with Crippen molar-refractivity contribution in [2.45, 2.75) is 13.8 Å². The van der Waals surface area contributed by atoms with Crippen molar-refractivity contribution in [3.63, 3.8) is 0 Å². The fraction of sp³-hybridized carbons (Fsp3) is 0.200. The van der Waals surface area contributed by atoms with Crippen LogP contribution in [0.15, 0.2) is 65.7 Å². The van der Waals surface area contributed by atoms with E-state index >= 15 is 0 Å². The summed E-state index contributed by atoms with van der Waals surface area (Å²) in [6.45, 7) is 4.23. The van der Waals surface area contributed by atoms with Crippen LogP contribution < -0.4 is 19.5 Å². The van der Waals surface area contributed by atoms with Crippen molar-refractivity contribution in [1.29, 1.82) is 0 Å². The van der Waals surface area contributed by atoms with Gasteiger partial charge in [0.15, 0.2) is 18.1 Å². The van der Waals surface area contributed by atoms with Crippen LogP contribution in [0.1, 0.15) is 18.1 Å². The van der Waals surface area contributed by atoms with Gasteiger partial charge in [-0.05, 0) is 96.1 Å². The molecule has 0 bridgehead atoms. The maximum absolute atomic E-state index is 12.3. The predicted octanol–water partition coefficient (Wildman–Crippen LogP) is 5.78. The lowest BCUT2D eigenvalue weighted by atomic mass is 10.2. The second kappa shape index (κ2) is 11.5. The number of hydrogen-bond donors (Lipinski definition) is 1. The number of methoxy groups -OCH3 is 1. The van der Waals surface area contributed by atoms with Crippen LogP contribution in [-0.4, -0.2) is 32.4 Å². The van der Waals surface area contributed by atoms with E-state index in [1.807, 2.05) is 74.5 Å². The minimum atomic E-state index is -0.237. The Morgan fingerprint density at radius 3 is 2.56 bits per heavy atom. The van der Waals surface area contributed by atoms with Gasteiger partial charge in [0.2, 0.25) is 0 Å². The maximum atomic E-state index is 12.3. The van der Waals surface area contributed by atoms with Gasteiger partial charge in [-0.3, -0.25) is 9.79 Å². The lowest BCUT2D eigenvalue weighted by molar-refractivity contribution is -0.118. The molecule has 3 aromatic rings. The van der Waals surface area contributed by atoms with Crippen LogP contribution in [0.5, 0.6) is 17.2 Å². The molecule has 0 aromatic heterocycles. The number of rotatable bonds is 9. The van der Waals surface area contributed by atoms with E-state index in [0.717, 1.165) is 31.8 Å². The first-order chi connectivity index (χ1) is 15.5. The van der Waals surface area contributed by atoms with Gasteiger partial charge >= 0.3 is 0 Å². The third-order valence-electron chi connectivity index (χ3n) is 4.42. The number of nitrogens with zero attached hydrogens (tertiary/aromatic N) is 1. The Hall–Kier alpha value is -3.07. The van der Waals surface area contributed by atoms with Gasteiger partial charge in [-0.1, -0.05) is 12.1 Å². The van der Waals surface area contributed by atoms with E-state index in [9.17, 15) is 4.79 Å². The Balaban J connectivity index is 1.71. The van der Waals surface area contributed by atoms with Crippen LogP contribution in [0.2, 0.25) is 0 Å². The molecule has 0 atom stereocenters. The fourth-order valence-electron chi connectivity index (χ4n) is 2.94. The highest BCUT2D eigenvalue weighted by Crippen LogP contribution is 2.34. The van der Waals surface area contributed by atoms with Crippen LogP contribution in [0.25, 0.3) is 0 Å². The van der Waals surface area contributed by atoms with Gasteiger partial charge in [0.05, 0.1) is 23.0 Å². The summed E-state index contributed by atoms with van der Waals surface area (Å²) in [5, 5.41) is 2.84. The van der Waals surface area contributed by atoms with Gasteiger partial charge in [-0.15, -0.1) is 0 Å². The van der Waals surface area contributed by atoms with Crippen molar-refractivity contribution >= 4 is 46.1 Å². The molecular weight excluding hydrogens is 519 g/mol. The summed E-state index contributed by atoms with van der Waals surface area (Å²) in [6.07, 6.45) is 1.76. The van der Waals surface area contributed by atoms with Crippen LogP contribution in [0.4, 0.5) is 11.4 Å². The number of ether oxygens (including phenoxy) is 3. The third-order valence-corrected chi connectivity index (χ3v) is 5.22. The van der Waals surface area contributed by atoms with E-state index in [4.69, 9.17) is 14.2 Å². The summed E-state index contributed by atoms with van der Waals surface area (Å²) < 4.78 is 17.6. The summed E-state index contributed by atoms with van der Waals surface area (Å²) in [5.41, 5.74) is 3.49. The van der Waals surface area contributed by atoms with Crippen LogP contribution in [-0.2, 0) is 4.79 Å². The second-order valence-electron chi connectivity index (χ2n) is 6.93. The topological polar surface area (TPSA) is 69.1 Å². The highest BCUT2D eigenvalue weighted by molar-refractivity contribution is 14.1. The van der Waals surface area contributed by atoms with Gasteiger partial charge < -0.3 is 19.5 Å². The summed E-state index contributed by atoms with van der Waals surface area (Å²) >= 11 is 2.17. The van der Waals surface area contributed by atoms with Gasteiger partial charge in [-0.25, -0.2) is 0 Å². The molecule has 0 aliphatic heterocycles. The fourth-order valence-corrected chi connectivity index (χ4v) is 3.72. The molecule has 1 amide bonds. The van der Waals surface area contributed by atoms with Crippen molar-refractivity contribution < 1.29 is 19.0 Å². The summed E-state index contributed by atoms with van der Waals surface area (Å²) in [7, 11) is 1.63. The number of amides is 1. The van der Waals surface area contributed by atoms with Crippen LogP contribution in [0.3, 0.4) is 0 Å². The molecule has 0 aliphatic carbocycles. The smallest absolute Gasteiger partial charge is 0.262 e. The lowest BCUT2D eigenvalue weighted by Crippen LogP contribution is -2.20. The number of halogens is 1. The van der Waals surface area contributed by atoms with E-state index in [1.54, 1.807) is 13.3 Å². The van der Waals surface area contributed by atoms with Gasteiger partial charge in [0.1, 0.15) is 5.75 Å².